The quantitative estimate of drug-likeness (QED) is 0.266. The smallest absolute Gasteiger partial charge is 0.342 e. The van der Waals surface area contributed by atoms with Gasteiger partial charge in [-0.25, -0.2) is 15.3 Å². The van der Waals surface area contributed by atoms with Gasteiger partial charge in [-0.05, 0) is 29.3 Å². The lowest BCUT2D eigenvalue weighted by Gasteiger charge is -2.14. The predicted molar refractivity (Wildman–Crippen MR) is 109 cm³/mol. The Kier molecular flexibility index (Phi) is 6.47. The lowest BCUT2D eigenvalue weighted by molar-refractivity contribution is -0.120. The largest absolute Gasteiger partial charge is 0.506 e. The molecule has 148 valence electrons. The molecular formula is C18H14ClN5O4S. The topological polar surface area (TPSA) is 140 Å². The van der Waals surface area contributed by atoms with Crippen LogP contribution in [-0.2, 0) is 4.79 Å². The van der Waals surface area contributed by atoms with E-state index in [4.69, 9.17) is 11.6 Å². The number of rotatable bonds is 6. The van der Waals surface area contributed by atoms with Crippen LogP contribution in [0.3, 0.4) is 0 Å². The number of phenolic OH excluding ortho intramolecular Hbond substituents is 1. The van der Waals surface area contributed by atoms with Crippen molar-refractivity contribution < 1.29 is 9.90 Å². The average Bonchev–Trinajstić information content (AvgIpc) is 2.70. The highest BCUT2D eigenvalue weighted by atomic mass is 35.5. The molecule has 4 N–H and O–H groups in total. The van der Waals surface area contributed by atoms with Crippen molar-refractivity contribution in [2.45, 2.75) is 10.3 Å². The molecule has 1 aromatic heterocycles. The number of carbonyl (C=O) groups excluding carboxylic acids is 1. The third kappa shape index (κ3) is 5.33. The third-order valence-electron chi connectivity index (χ3n) is 3.61. The third-order valence-corrected chi connectivity index (χ3v) is 5.13. The molecule has 0 aliphatic heterocycles. The molecule has 1 atom stereocenters. The summed E-state index contributed by atoms with van der Waals surface area (Å²) in [6, 6.07) is 13.2. The lowest BCUT2D eigenvalue weighted by Crippen LogP contribution is -2.28. The van der Waals surface area contributed by atoms with Crippen molar-refractivity contribution in [1.29, 1.82) is 0 Å². The van der Waals surface area contributed by atoms with E-state index >= 15 is 0 Å². The van der Waals surface area contributed by atoms with E-state index in [0.717, 1.165) is 11.8 Å². The highest BCUT2D eigenvalue weighted by Crippen LogP contribution is 2.32. The number of nitrogens with zero attached hydrogens (tertiary/aromatic N) is 2. The van der Waals surface area contributed by atoms with Crippen LogP contribution in [0, 0.1) is 0 Å². The summed E-state index contributed by atoms with van der Waals surface area (Å²) in [5.41, 5.74) is 2.15. The number of thioether (sulfide) groups is 1. The molecule has 3 aromatic rings. The monoisotopic (exact) mass is 431 g/mol. The van der Waals surface area contributed by atoms with Crippen molar-refractivity contribution in [1.82, 2.24) is 20.6 Å². The van der Waals surface area contributed by atoms with E-state index in [1.807, 2.05) is 0 Å². The first-order valence-corrected chi connectivity index (χ1v) is 9.42. The Morgan fingerprint density at radius 2 is 2.00 bits per heavy atom. The molecule has 0 radical (unpaired) electrons. The van der Waals surface area contributed by atoms with Crippen LogP contribution in [-0.4, -0.2) is 32.4 Å². The molecule has 1 amide bonds. The van der Waals surface area contributed by atoms with Gasteiger partial charge in [0.2, 0.25) is 0 Å². The SMILES string of the molecule is O=C(N/N=C\c1ccc(O)c(Cl)c1)C(Sc1n[nH]c(=O)[nH]c1=O)c1ccccc1. The Balaban J connectivity index is 1.80. The fourth-order valence-corrected chi connectivity index (χ4v) is 3.38. The van der Waals surface area contributed by atoms with E-state index in [-0.39, 0.29) is 15.8 Å². The number of halogens is 1. The van der Waals surface area contributed by atoms with Gasteiger partial charge in [0, 0.05) is 0 Å². The maximum absolute atomic E-state index is 12.7. The van der Waals surface area contributed by atoms with Gasteiger partial charge in [-0.3, -0.25) is 14.6 Å². The number of H-pyrrole nitrogens is 2. The average molecular weight is 432 g/mol. The number of aromatic nitrogens is 3. The maximum Gasteiger partial charge on any atom is 0.342 e. The number of carbonyl (C=O) groups is 1. The number of hydrogen-bond donors (Lipinski definition) is 4. The van der Waals surface area contributed by atoms with Gasteiger partial charge in [-0.15, -0.1) is 0 Å². The van der Waals surface area contributed by atoms with E-state index in [1.165, 1.54) is 18.3 Å². The lowest BCUT2D eigenvalue weighted by atomic mass is 10.1. The molecule has 29 heavy (non-hydrogen) atoms. The zero-order chi connectivity index (χ0) is 20.8. The Morgan fingerprint density at radius 1 is 1.24 bits per heavy atom. The van der Waals surface area contributed by atoms with Gasteiger partial charge < -0.3 is 5.11 Å². The number of hydrogen-bond acceptors (Lipinski definition) is 7. The fraction of sp³-hybridized carbons (Fsp3) is 0.0556. The van der Waals surface area contributed by atoms with E-state index in [2.05, 4.69) is 25.7 Å². The first-order chi connectivity index (χ1) is 13.9. The van der Waals surface area contributed by atoms with E-state index in [9.17, 15) is 19.5 Å². The number of phenols is 1. The summed E-state index contributed by atoms with van der Waals surface area (Å²) in [5, 5.41) is 18.4. The second kappa shape index (κ2) is 9.22. The summed E-state index contributed by atoms with van der Waals surface area (Å²) >= 11 is 6.71. The number of hydrazone groups is 1. The molecule has 0 spiro atoms. The molecule has 0 aliphatic carbocycles. The Hall–Kier alpha value is -3.37. The second-order valence-corrected chi connectivity index (χ2v) is 7.17. The summed E-state index contributed by atoms with van der Waals surface area (Å²) < 4.78 is 0. The van der Waals surface area contributed by atoms with Crippen LogP contribution in [0.4, 0.5) is 0 Å². The van der Waals surface area contributed by atoms with Gasteiger partial charge in [-0.2, -0.15) is 10.2 Å². The van der Waals surface area contributed by atoms with E-state index in [1.54, 1.807) is 36.4 Å². The minimum atomic E-state index is -0.851. The standard InChI is InChI=1S/C18H14ClN5O4S/c19-12-8-10(6-7-13(12)25)9-20-22-15(26)14(11-4-2-1-3-5-11)29-17-16(27)21-18(28)24-23-17/h1-9,14,25H,(H,22,26)(H2,21,24,27,28)/b20-9-. The van der Waals surface area contributed by atoms with Gasteiger partial charge in [-0.1, -0.05) is 53.7 Å². The summed E-state index contributed by atoms with van der Waals surface area (Å²) in [6.07, 6.45) is 1.36. The van der Waals surface area contributed by atoms with Crippen LogP contribution in [0.15, 0.2) is 68.2 Å². The van der Waals surface area contributed by atoms with Gasteiger partial charge >= 0.3 is 5.69 Å². The summed E-state index contributed by atoms with van der Waals surface area (Å²) in [4.78, 5) is 37.9. The summed E-state index contributed by atoms with van der Waals surface area (Å²) in [5.74, 6) is -0.568. The first kappa shape index (κ1) is 20.4. The van der Waals surface area contributed by atoms with Crippen LogP contribution in [0.5, 0.6) is 5.75 Å². The zero-order valence-corrected chi connectivity index (χ0v) is 16.2. The molecule has 0 fully saturated rings. The van der Waals surface area contributed by atoms with E-state index in [0.29, 0.717) is 11.1 Å². The molecule has 0 bridgehead atoms. The molecule has 0 saturated carbocycles. The molecule has 2 aromatic carbocycles. The van der Waals surface area contributed by atoms with Crippen molar-refractivity contribution >= 4 is 35.5 Å². The van der Waals surface area contributed by atoms with Crippen LogP contribution >= 0.6 is 23.4 Å². The number of aromatic amines is 2. The number of amides is 1. The Labute approximate surface area is 172 Å². The molecule has 9 nitrogen and oxygen atoms in total. The van der Waals surface area contributed by atoms with Crippen LogP contribution in [0.1, 0.15) is 16.4 Å². The molecule has 11 heteroatoms. The van der Waals surface area contributed by atoms with Crippen molar-refractivity contribution in [2.24, 2.45) is 5.10 Å². The Bertz CT molecular complexity index is 1160. The highest BCUT2D eigenvalue weighted by Gasteiger charge is 2.24. The van der Waals surface area contributed by atoms with E-state index < -0.39 is 22.4 Å². The van der Waals surface area contributed by atoms with Crippen LogP contribution in [0.2, 0.25) is 5.02 Å². The summed E-state index contributed by atoms with van der Waals surface area (Å²) in [6.45, 7) is 0. The van der Waals surface area contributed by atoms with Crippen molar-refractivity contribution in [3.05, 3.63) is 85.5 Å². The van der Waals surface area contributed by atoms with Gasteiger partial charge in [0.15, 0.2) is 5.03 Å². The molecule has 0 saturated heterocycles. The van der Waals surface area contributed by atoms with Gasteiger partial charge in [0.25, 0.3) is 11.5 Å². The van der Waals surface area contributed by atoms with Crippen LogP contribution < -0.4 is 16.7 Å². The molecular weight excluding hydrogens is 418 g/mol. The minimum absolute atomic E-state index is 0.0629. The normalized spacial score (nSPS) is 12.0. The second-order valence-electron chi connectivity index (χ2n) is 5.67. The van der Waals surface area contributed by atoms with Crippen molar-refractivity contribution in [3.63, 3.8) is 0 Å². The summed E-state index contributed by atoms with van der Waals surface area (Å²) in [7, 11) is 0. The molecule has 1 heterocycles. The molecule has 3 rings (SSSR count). The van der Waals surface area contributed by atoms with Crippen molar-refractivity contribution in [2.75, 3.05) is 0 Å². The van der Waals surface area contributed by atoms with Gasteiger partial charge in [0.1, 0.15) is 11.0 Å². The number of nitrogens with one attached hydrogen (secondary N) is 3. The fourth-order valence-electron chi connectivity index (χ4n) is 2.26. The number of aromatic hydroxyl groups is 1. The molecule has 1 unspecified atom stereocenters. The maximum atomic E-state index is 12.7. The molecule has 0 aliphatic rings. The zero-order valence-electron chi connectivity index (χ0n) is 14.6. The van der Waals surface area contributed by atoms with Crippen LogP contribution in [0.25, 0.3) is 0 Å². The minimum Gasteiger partial charge on any atom is -0.506 e. The first-order valence-electron chi connectivity index (χ1n) is 8.16. The van der Waals surface area contributed by atoms with Crippen molar-refractivity contribution in [3.8, 4) is 5.75 Å². The number of benzene rings is 2. The Morgan fingerprint density at radius 3 is 2.69 bits per heavy atom. The van der Waals surface area contributed by atoms with Gasteiger partial charge in [0.05, 0.1) is 11.2 Å². The predicted octanol–water partition coefficient (Wildman–Crippen LogP) is 1.80. The highest BCUT2D eigenvalue weighted by molar-refractivity contribution is 8.00.